The van der Waals surface area contributed by atoms with Crippen LogP contribution in [0.1, 0.15) is 15.9 Å². The van der Waals surface area contributed by atoms with Crippen LogP contribution in [0.3, 0.4) is 0 Å². The maximum Gasteiger partial charge on any atom is 0.167 e. The number of methoxy groups -OCH3 is 1. The Morgan fingerprint density at radius 3 is 3.14 bits per heavy atom. The molecule has 14 heavy (non-hydrogen) atoms. The highest BCUT2D eigenvalue weighted by molar-refractivity contribution is 5.77. The molecule has 0 unspecified atom stereocenters. The van der Waals surface area contributed by atoms with E-state index in [1.807, 2.05) is 0 Å². The van der Waals surface area contributed by atoms with Crippen molar-refractivity contribution in [1.29, 1.82) is 0 Å². The summed E-state index contributed by atoms with van der Waals surface area (Å²) in [7, 11) is 1.57. The van der Waals surface area contributed by atoms with Gasteiger partial charge in [-0.2, -0.15) is 0 Å². The molecular weight excluding hydrogens is 182 g/mol. The molecule has 0 fully saturated rings. The van der Waals surface area contributed by atoms with E-state index >= 15 is 0 Å². The number of carbonyl (C=O) groups excluding carboxylic acids is 1. The van der Waals surface area contributed by atoms with Crippen LogP contribution in [0.2, 0.25) is 0 Å². The lowest BCUT2D eigenvalue weighted by Gasteiger charge is -2.20. The monoisotopic (exact) mass is 193 g/mol. The van der Waals surface area contributed by atoms with Gasteiger partial charge in [-0.3, -0.25) is 10.1 Å². The van der Waals surface area contributed by atoms with Gasteiger partial charge in [-0.25, -0.2) is 0 Å². The van der Waals surface area contributed by atoms with Crippen LogP contribution in [-0.4, -0.2) is 20.1 Å². The predicted octanol–water partition coefficient (Wildman–Crippen LogP) is 0.947. The summed E-state index contributed by atoms with van der Waals surface area (Å²) in [5.41, 5.74) is 1.56. The molecule has 0 amide bonds. The van der Waals surface area contributed by atoms with E-state index in [0.717, 1.165) is 17.6 Å². The number of hydrogen-bond acceptors (Lipinski definition) is 4. The number of fused-ring (bicyclic) bond motifs is 1. The Hall–Kier alpha value is -1.55. The van der Waals surface area contributed by atoms with Gasteiger partial charge in [0.25, 0.3) is 0 Å². The lowest BCUT2D eigenvalue weighted by atomic mass is 10.1. The normalized spacial score (nSPS) is 14.1. The summed E-state index contributed by atoms with van der Waals surface area (Å²) in [6.45, 7) is 1.18. The number of benzene rings is 1. The molecule has 1 aliphatic rings. The molecule has 0 bridgehead atoms. The zero-order valence-electron chi connectivity index (χ0n) is 7.87. The summed E-state index contributed by atoms with van der Waals surface area (Å²) in [5, 5.41) is 3.05. The summed E-state index contributed by atoms with van der Waals surface area (Å²) < 4.78 is 10.5. The van der Waals surface area contributed by atoms with Crippen LogP contribution < -0.4 is 14.8 Å². The number of nitrogens with one attached hydrogen (secondary N) is 1. The molecule has 0 aliphatic carbocycles. The molecule has 0 saturated carbocycles. The van der Waals surface area contributed by atoms with E-state index < -0.39 is 0 Å². The molecule has 1 aromatic rings. The van der Waals surface area contributed by atoms with Crippen LogP contribution in [0, 0.1) is 0 Å². The van der Waals surface area contributed by atoms with Crippen LogP contribution in [0.4, 0.5) is 0 Å². The first-order valence-electron chi connectivity index (χ1n) is 4.34. The Morgan fingerprint density at radius 1 is 1.57 bits per heavy atom. The summed E-state index contributed by atoms with van der Waals surface area (Å²) in [6.07, 6.45) is 0.803. The average Bonchev–Trinajstić information content (AvgIpc) is 2.27. The maximum absolute atomic E-state index is 10.6. The molecule has 0 spiro atoms. The SMILES string of the molecule is COc1cc(C=O)cc2c1OCNC2. The topological polar surface area (TPSA) is 47.6 Å². The minimum atomic E-state index is 0.476. The van der Waals surface area contributed by atoms with E-state index in [0.29, 0.717) is 24.6 Å². The van der Waals surface area contributed by atoms with Crippen molar-refractivity contribution >= 4 is 6.29 Å². The van der Waals surface area contributed by atoms with Gasteiger partial charge in [-0.15, -0.1) is 0 Å². The van der Waals surface area contributed by atoms with Crippen LogP contribution in [0.5, 0.6) is 11.5 Å². The third kappa shape index (κ3) is 1.44. The van der Waals surface area contributed by atoms with Crippen molar-refractivity contribution < 1.29 is 14.3 Å². The third-order valence-electron chi connectivity index (χ3n) is 2.14. The Labute approximate surface area is 81.8 Å². The lowest BCUT2D eigenvalue weighted by molar-refractivity contribution is 0.112. The van der Waals surface area contributed by atoms with Crippen LogP contribution in [0.25, 0.3) is 0 Å². The van der Waals surface area contributed by atoms with Gasteiger partial charge in [-0.05, 0) is 12.1 Å². The van der Waals surface area contributed by atoms with E-state index in [2.05, 4.69) is 5.32 Å². The fourth-order valence-corrected chi connectivity index (χ4v) is 1.51. The van der Waals surface area contributed by atoms with Gasteiger partial charge in [0.2, 0.25) is 0 Å². The molecule has 4 heteroatoms. The quantitative estimate of drug-likeness (QED) is 0.710. The second kappa shape index (κ2) is 3.67. The summed E-state index contributed by atoms with van der Waals surface area (Å²) in [4.78, 5) is 10.6. The van der Waals surface area contributed by atoms with E-state index in [9.17, 15) is 4.79 Å². The maximum atomic E-state index is 10.6. The van der Waals surface area contributed by atoms with E-state index in [1.165, 1.54) is 0 Å². The molecule has 74 valence electrons. The first-order chi connectivity index (χ1) is 6.85. The fourth-order valence-electron chi connectivity index (χ4n) is 1.51. The van der Waals surface area contributed by atoms with E-state index in [4.69, 9.17) is 9.47 Å². The van der Waals surface area contributed by atoms with Crippen molar-refractivity contribution in [2.45, 2.75) is 6.54 Å². The second-order valence-electron chi connectivity index (χ2n) is 3.04. The molecule has 1 N–H and O–H groups in total. The van der Waals surface area contributed by atoms with Gasteiger partial charge in [0.1, 0.15) is 13.0 Å². The average molecular weight is 193 g/mol. The second-order valence-corrected chi connectivity index (χ2v) is 3.04. The van der Waals surface area contributed by atoms with Gasteiger partial charge >= 0.3 is 0 Å². The molecule has 1 aliphatic heterocycles. The van der Waals surface area contributed by atoms with Crippen molar-refractivity contribution in [1.82, 2.24) is 5.32 Å². The molecular formula is C10H11NO3. The Kier molecular flexibility index (Phi) is 2.37. The molecule has 1 heterocycles. The lowest BCUT2D eigenvalue weighted by Crippen LogP contribution is -2.25. The number of aldehydes is 1. The molecule has 0 radical (unpaired) electrons. The fraction of sp³-hybridized carbons (Fsp3) is 0.300. The first-order valence-corrected chi connectivity index (χ1v) is 4.34. The van der Waals surface area contributed by atoms with Crippen LogP contribution in [-0.2, 0) is 6.54 Å². The zero-order valence-corrected chi connectivity index (χ0v) is 7.87. The Morgan fingerprint density at radius 2 is 2.43 bits per heavy atom. The van der Waals surface area contributed by atoms with Gasteiger partial charge in [0.05, 0.1) is 7.11 Å². The molecule has 0 atom stereocenters. The van der Waals surface area contributed by atoms with Gasteiger partial charge < -0.3 is 9.47 Å². The minimum Gasteiger partial charge on any atom is -0.493 e. The number of hydrogen-bond donors (Lipinski definition) is 1. The third-order valence-corrected chi connectivity index (χ3v) is 2.14. The highest BCUT2D eigenvalue weighted by Crippen LogP contribution is 2.33. The van der Waals surface area contributed by atoms with E-state index in [1.54, 1.807) is 19.2 Å². The highest BCUT2D eigenvalue weighted by atomic mass is 16.5. The molecule has 1 aromatic carbocycles. The molecule has 4 nitrogen and oxygen atoms in total. The standard InChI is InChI=1S/C10H11NO3/c1-13-9-3-7(5-12)2-8-4-11-6-14-10(8)9/h2-3,5,11H,4,6H2,1H3. The van der Waals surface area contributed by atoms with Crippen molar-refractivity contribution in [3.63, 3.8) is 0 Å². The Balaban J connectivity index is 2.52. The number of rotatable bonds is 2. The summed E-state index contributed by atoms with van der Waals surface area (Å²) in [6, 6.07) is 3.48. The van der Waals surface area contributed by atoms with Gasteiger partial charge in [-0.1, -0.05) is 0 Å². The number of ether oxygens (including phenoxy) is 2. The van der Waals surface area contributed by atoms with Gasteiger partial charge in [0, 0.05) is 17.7 Å². The predicted molar refractivity (Wildman–Crippen MR) is 50.7 cm³/mol. The largest absolute Gasteiger partial charge is 0.493 e. The number of carbonyl (C=O) groups is 1. The van der Waals surface area contributed by atoms with Crippen LogP contribution in [0.15, 0.2) is 12.1 Å². The van der Waals surface area contributed by atoms with Crippen molar-refractivity contribution in [3.8, 4) is 11.5 Å². The van der Waals surface area contributed by atoms with Crippen molar-refractivity contribution in [2.24, 2.45) is 0 Å². The molecule has 0 aromatic heterocycles. The smallest absolute Gasteiger partial charge is 0.167 e. The first kappa shape index (κ1) is 9.02. The van der Waals surface area contributed by atoms with Crippen molar-refractivity contribution in [3.05, 3.63) is 23.3 Å². The minimum absolute atomic E-state index is 0.476. The van der Waals surface area contributed by atoms with Gasteiger partial charge in [0.15, 0.2) is 11.5 Å². The van der Waals surface area contributed by atoms with Crippen molar-refractivity contribution in [2.75, 3.05) is 13.8 Å². The summed E-state index contributed by atoms with van der Waals surface area (Å²) in [5.74, 6) is 1.35. The highest BCUT2D eigenvalue weighted by Gasteiger charge is 2.16. The molecule has 0 saturated heterocycles. The Bertz CT molecular complexity index is 345. The van der Waals surface area contributed by atoms with E-state index in [-0.39, 0.29) is 0 Å². The van der Waals surface area contributed by atoms with Crippen LogP contribution >= 0.6 is 0 Å². The molecule has 2 rings (SSSR count). The zero-order chi connectivity index (χ0) is 9.97. The summed E-state index contributed by atoms with van der Waals surface area (Å²) >= 11 is 0.